The number of pyridine rings is 1. The highest BCUT2D eigenvalue weighted by Gasteiger charge is 2.48. The minimum atomic E-state index is -0.570. The molecule has 1 aliphatic carbocycles. The van der Waals surface area contributed by atoms with Crippen molar-refractivity contribution in [3.8, 4) is 17.4 Å². The number of carbonyl (C=O) groups excluding carboxylic acids is 2. The van der Waals surface area contributed by atoms with Crippen molar-refractivity contribution in [2.24, 2.45) is 5.73 Å². The quantitative estimate of drug-likeness (QED) is 0.629. The Bertz CT molecular complexity index is 1140. The van der Waals surface area contributed by atoms with E-state index in [9.17, 15) is 9.59 Å². The fourth-order valence-electron chi connectivity index (χ4n) is 4.55. The molecule has 3 heterocycles. The van der Waals surface area contributed by atoms with E-state index in [0.717, 1.165) is 12.8 Å². The predicted molar refractivity (Wildman–Crippen MR) is 127 cm³/mol. The molecule has 2 N–H and O–H groups in total. The summed E-state index contributed by atoms with van der Waals surface area (Å²) in [5.74, 6) is 0.774. The Labute approximate surface area is 208 Å². The number of nitrogens with zero attached hydrogens (tertiary/aromatic N) is 2. The van der Waals surface area contributed by atoms with Gasteiger partial charge in [-0.15, -0.1) is 0 Å². The molecule has 3 aliphatic rings. The van der Waals surface area contributed by atoms with Crippen molar-refractivity contribution >= 4 is 23.6 Å². The van der Waals surface area contributed by atoms with Crippen LogP contribution in [0.15, 0.2) is 30.5 Å². The third kappa shape index (κ3) is 5.01. The van der Waals surface area contributed by atoms with Gasteiger partial charge in [-0.05, 0) is 51.0 Å². The molecular weight excluding hydrogens is 474 g/mol. The first-order valence-corrected chi connectivity index (χ1v) is 12.1. The molecule has 5 rings (SSSR count). The van der Waals surface area contributed by atoms with Crippen molar-refractivity contribution in [3.63, 3.8) is 0 Å². The minimum absolute atomic E-state index is 0.0946. The van der Waals surface area contributed by atoms with Gasteiger partial charge < -0.3 is 24.7 Å². The smallest absolute Gasteiger partial charge is 0.410 e. The number of ether oxygens (including phenoxy) is 4. The Kier molecular flexibility index (Phi) is 6.23. The van der Waals surface area contributed by atoms with Crippen LogP contribution in [0.3, 0.4) is 0 Å². The molecule has 2 aromatic rings. The van der Waals surface area contributed by atoms with Gasteiger partial charge >= 0.3 is 6.09 Å². The molecule has 2 unspecified atom stereocenters. The van der Waals surface area contributed by atoms with E-state index in [-0.39, 0.29) is 34.9 Å². The van der Waals surface area contributed by atoms with Gasteiger partial charge in [-0.3, -0.25) is 9.69 Å². The molecule has 0 spiro atoms. The predicted octanol–water partition coefficient (Wildman–Crippen LogP) is 4.23. The molecule has 0 radical (unpaired) electrons. The van der Waals surface area contributed by atoms with Crippen LogP contribution in [-0.4, -0.2) is 58.9 Å². The number of benzene rings is 1. The van der Waals surface area contributed by atoms with Gasteiger partial charge in [-0.2, -0.15) is 0 Å². The number of hydrogen-bond acceptors (Lipinski definition) is 7. The van der Waals surface area contributed by atoms with Crippen molar-refractivity contribution in [2.45, 2.75) is 63.3 Å². The second-order valence-electron chi connectivity index (χ2n) is 9.63. The average molecular weight is 502 g/mol. The second kappa shape index (κ2) is 9.20. The van der Waals surface area contributed by atoms with Crippen LogP contribution >= 0.6 is 11.6 Å². The fraction of sp³-hybridized carbons (Fsp3) is 0.480. The Morgan fingerprint density at radius 2 is 1.89 bits per heavy atom. The third-order valence-corrected chi connectivity index (χ3v) is 7.10. The molecule has 2 bridgehead atoms. The number of aromatic nitrogens is 1. The molecule has 3 fully saturated rings. The van der Waals surface area contributed by atoms with E-state index in [1.165, 1.54) is 6.07 Å². The van der Waals surface area contributed by atoms with Crippen LogP contribution in [0.25, 0.3) is 0 Å². The summed E-state index contributed by atoms with van der Waals surface area (Å²) in [5.41, 5.74) is 6.00. The van der Waals surface area contributed by atoms with Crippen molar-refractivity contribution in [1.82, 2.24) is 9.88 Å². The summed E-state index contributed by atoms with van der Waals surface area (Å²) >= 11 is 6.26. The zero-order valence-electron chi connectivity index (χ0n) is 19.7. The van der Waals surface area contributed by atoms with Crippen molar-refractivity contribution in [3.05, 3.63) is 46.6 Å². The summed E-state index contributed by atoms with van der Waals surface area (Å²) in [6.07, 6.45) is 4.36. The van der Waals surface area contributed by atoms with Gasteiger partial charge in [0.15, 0.2) is 0 Å². The maximum Gasteiger partial charge on any atom is 0.410 e. The van der Waals surface area contributed by atoms with Gasteiger partial charge in [0.2, 0.25) is 11.8 Å². The molecule has 9 nitrogen and oxygen atoms in total. The van der Waals surface area contributed by atoms with E-state index in [1.54, 1.807) is 24.4 Å². The first kappa shape index (κ1) is 23.7. The van der Waals surface area contributed by atoms with Crippen molar-refractivity contribution in [2.75, 3.05) is 13.2 Å². The number of morpholine rings is 1. The molecule has 2 saturated heterocycles. The lowest BCUT2D eigenvalue weighted by Crippen LogP contribution is -2.61. The average Bonchev–Trinajstić information content (AvgIpc) is 3.53. The molecule has 1 aromatic heterocycles. The number of hydrogen-bond donors (Lipinski definition) is 1. The first-order chi connectivity index (χ1) is 16.7. The van der Waals surface area contributed by atoms with Gasteiger partial charge in [-0.1, -0.05) is 11.6 Å². The monoisotopic (exact) mass is 501 g/mol. The zero-order chi connectivity index (χ0) is 24.7. The number of halogens is 1. The highest BCUT2D eigenvalue weighted by molar-refractivity contribution is 6.32. The van der Waals surface area contributed by atoms with Crippen molar-refractivity contribution < 1.29 is 28.5 Å². The molecule has 10 heteroatoms. The van der Waals surface area contributed by atoms with Crippen LogP contribution in [0.4, 0.5) is 4.79 Å². The normalized spacial score (nSPS) is 24.4. The fourth-order valence-corrected chi connectivity index (χ4v) is 4.77. The van der Waals surface area contributed by atoms with Crippen LogP contribution < -0.4 is 15.2 Å². The number of fused-ring (bicyclic) bond motifs is 2. The van der Waals surface area contributed by atoms with E-state index in [4.69, 9.17) is 36.3 Å². The van der Waals surface area contributed by atoms with Crippen LogP contribution in [0.1, 0.15) is 48.5 Å². The summed E-state index contributed by atoms with van der Waals surface area (Å²) in [6.45, 7) is 4.76. The van der Waals surface area contributed by atoms with E-state index >= 15 is 0 Å². The first-order valence-electron chi connectivity index (χ1n) is 11.7. The molecular formula is C25H28ClN3O6. The minimum Gasteiger partial charge on any atom is -0.490 e. The van der Waals surface area contributed by atoms with E-state index < -0.39 is 5.91 Å². The molecule has 1 aromatic carbocycles. The maximum atomic E-state index is 12.8. The van der Waals surface area contributed by atoms with Crippen LogP contribution in [0.5, 0.6) is 17.4 Å². The summed E-state index contributed by atoms with van der Waals surface area (Å²) < 4.78 is 23.7. The summed E-state index contributed by atoms with van der Waals surface area (Å²) in [4.78, 5) is 30.4. The number of nitrogens with two attached hydrogens (primary N) is 1. The van der Waals surface area contributed by atoms with Crippen molar-refractivity contribution in [1.29, 1.82) is 0 Å². The number of carbonyl (C=O) groups is 2. The van der Waals surface area contributed by atoms with Crippen LogP contribution in [-0.2, 0) is 9.47 Å². The molecule has 186 valence electrons. The van der Waals surface area contributed by atoms with Crippen LogP contribution in [0.2, 0.25) is 5.02 Å². The molecule has 2 aliphatic heterocycles. The molecule has 2 atom stereocenters. The van der Waals surface area contributed by atoms with Crippen LogP contribution in [0, 0.1) is 6.92 Å². The Hall–Kier alpha value is -3.04. The van der Waals surface area contributed by atoms with Gasteiger partial charge in [0.1, 0.15) is 23.2 Å². The van der Waals surface area contributed by atoms with Gasteiger partial charge in [0, 0.05) is 24.6 Å². The van der Waals surface area contributed by atoms with E-state index in [1.807, 2.05) is 18.7 Å². The molecule has 2 amide bonds. The Morgan fingerprint density at radius 1 is 1.17 bits per heavy atom. The number of piperidine rings is 1. The standard InChI is InChI=1S/C25H28ClN3O6/c1-14-20(5-8-28-23(14)34-21-4-3-15(22(27)30)9-19(21)26)33-18-10-16-12-32-13-17(11-18)29(16)24(31)35-25(2)6-7-25/h3-5,8-9,16-18H,6-7,10-13H2,1-2H3,(H2,27,30). The lowest BCUT2D eigenvalue weighted by atomic mass is 9.92. The maximum absolute atomic E-state index is 12.8. The summed E-state index contributed by atoms with van der Waals surface area (Å²) in [7, 11) is 0. The Balaban J connectivity index is 1.28. The van der Waals surface area contributed by atoms with Gasteiger partial charge in [0.25, 0.3) is 0 Å². The lowest BCUT2D eigenvalue weighted by Gasteiger charge is -2.47. The summed E-state index contributed by atoms with van der Waals surface area (Å²) in [6, 6.07) is 6.18. The van der Waals surface area contributed by atoms with Gasteiger partial charge in [-0.25, -0.2) is 9.78 Å². The topological polar surface area (TPSA) is 113 Å². The zero-order valence-corrected chi connectivity index (χ0v) is 20.4. The lowest BCUT2D eigenvalue weighted by molar-refractivity contribution is -0.0951. The number of amides is 2. The van der Waals surface area contributed by atoms with E-state index in [2.05, 4.69) is 4.98 Å². The second-order valence-corrected chi connectivity index (χ2v) is 10.0. The highest BCUT2D eigenvalue weighted by Crippen LogP contribution is 2.41. The molecule has 1 saturated carbocycles. The largest absolute Gasteiger partial charge is 0.490 e. The highest BCUT2D eigenvalue weighted by atomic mass is 35.5. The third-order valence-electron chi connectivity index (χ3n) is 6.80. The number of primary amides is 1. The Morgan fingerprint density at radius 3 is 2.51 bits per heavy atom. The number of rotatable bonds is 6. The van der Waals surface area contributed by atoms with Gasteiger partial charge in [0.05, 0.1) is 35.9 Å². The molecule has 35 heavy (non-hydrogen) atoms. The SMILES string of the molecule is Cc1c(OC2CC3COCC(C2)N3C(=O)OC2(C)CC2)ccnc1Oc1ccc(C(N)=O)cc1Cl. The van der Waals surface area contributed by atoms with E-state index in [0.29, 0.717) is 54.6 Å². The summed E-state index contributed by atoms with van der Waals surface area (Å²) in [5, 5.41) is 0.251.